The molecular formula is C13H17NO. The molecule has 0 saturated heterocycles. The predicted molar refractivity (Wildman–Crippen MR) is 64.5 cm³/mol. The standard InChI is InChI=1S/C13H17NO/c1-10(2)14-11(3)9-13(15)12-7-5-4-6-8-12/h4-10,14-15H,3H2,1-2H3/b13-9-. The van der Waals surface area contributed by atoms with Gasteiger partial charge in [0.05, 0.1) is 0 Å². The Morgan fingerprint density at radius 3 is 2.47 bits per heavy atom. The lowest BCUT2D eigenvalue weighted by Gasteiger charge is -2.09. The number of hydrogen-bond donors (Lipinski definition) is 2. The number of aliphatic hydroxyl groups is 1. The first-order chi connectivity index (χ1) is 7.09. The van der Waals surface area contributed by atoms with Crippen molar-refractivity contribution in [3.8, 4) is 0 Å². The van der Waals surface area contributed by atoms with Crippen LogP contribution < -0.4 is 5.32 Å². The van der Waals surface area contributed by atoms with E-state index in [0.29, 0.717) is 11.7 Å². The average molecular weight is 203 g/mol. The highest BCUT2D eigenvalue weighted by atomic mass is 16.3. The fourth-order valence-corrected chi connectivity index (χ4v) is 1.27. The van der Waals surface area contributed by atoms with Crippen molar-refractivity contribution in [3.05, 3.63) is 54.2 Å². The molecule has 0 spiro atoms. The van der Waals surface area contributed by atoms with Crippen LogP contribution in [0.5, 0.6) is 0 Å². The third-order valence-corrected chi connectivity index (χ3v) is 1.85. The molecule has 0 atom stereocenters. The summed E-state index contributed by atoms with van der Waals surface area (Å²) in [5, 5.41) is 12.9. The average Bonchev–Trinajstić information content (AvgIpc) is 2.17. The Hall–Kier alpha value is -1.70. The Balaban J connectivity index is 2.72. The van der Waals surface area contributed by atoms with Gasteiger partial charge in [-0.2, -0.15) is 0 Å². The van der Waals surface area contributed by atoms with E-state index in [-0.39, 0.29) is 5.76 Å². The van der Waals surface area contributed by atoms with Crippen LogP contribution >= 0.6 is 0 Å². The molecular weight excluding hydrogens is 186 g/mol. The number of allylic oxidation sites excluding steroid dienone is 1. The minimum Gasteiger partial charge on any atom is -0.507 e. The first-order valence-electron chi connectivity index (χ1n) is 5.01. The van der Waals surface area contributed by atoms with E-state index in [1.54, 1.807) is 6.08 Å². The smallest absolute Gasteiger partial charge is 0.124 e. The molecule has 0 amide bonds. The van der Waals surface area contributed by atoms with Gasteiger partial charge in [0.1, 0.15) is 5.76 Å². The van der Waals surface area contributed by atoms with Crippen LogP contribution in [0.15, 0.2) is 48.7 Å². The lowest BCUT2D eigenvalue weighted by Crippen LogP contribution is -2.20. The normalized spacial score (nSPS) is 11.5. The van der Waals surface area contributed by atoms with Gasteiger partial charge >= 0.3 is 0 Å². The molecule has 0 fully saturated rings. The lowest BCUT2D eigenvalue weighted by molar-refractivity contribution is 0.510. The van der Waals surface area contributed by atoms with Crippen LogP contribution in [0.25, 0.3) is 5.76 Å². The van der Waals surface area contributed by atoms with Crippen LogP contribution in [-0.4, -0.2) is 11.1 Å². The van der Waals surface area contributed by atoms with Gasteiger partial charge in [-0.15, -0.1) is 0 Å². The van der Waals surface area contributed by atoms with E-state index in [2.05, 4.69) is 11.9 Å². The van der Waals surface area contributed by atoms with Crippen molar-refractivity contribution >= 4 is 5.76 Å². The van der Waals surface area contributed by atoms with E-state index >= 15 is 0 Å². The van der Waals surface area contributed by atoms with Crippen LogP contribution in [0.2, 0.25) is 0 Å². The fourth-order valence-electron chi connectivity index (χ4n) is 1.27. The Kier molecular flexibility index (Phi) is 3.98. The molecule has 1 rings (SSSR count). The van der Waals surface area contributed by atoms with E-state index in [0.717, 1.165) is 5.56 Å². The summed E-state index contributed by atoms with van der Waals surface area (Å²) in [7, 11) is 0. The van der Waals surface area contributed by atoms with Crippen molar-refractivity contribution in [2.45, 2.75) is 19.9 Å². The molecule has 15 heavy (non-hydrogen) atoms. The highest BCUT2D eigenvalue weighted by molar-refractivity contribution is 5.60. The quantitative estimate of drug-likeness (QED) is 0.582. The van der Waals surface area contributed by atoms with Crippen molar-refractivity contribution < 1.29 is 5.11 Å². The van der Waals surface area contributed by atoms with Gasteiger partial charge < -0.3 is 10.4 Å². The van der Waals surface area contributed by atoms with Crippen molar-refractivity contribution in [2.24, 2.45) is 0 Å². The summed E-state index contributed by atoms with van der Waals surface area (Å²) in [5.41, 5.74) is 1.51. The van der Waals surface area contributed by atoms with Crippen molar-refractivity contribution in [2.75, 3.05) is 0 Å². The SMILES string of the molecule is C=C(/C=C(\O)c1ccccc1)NC(C)C. The van der Waals surface area contributed by atoms with Gasteiger partial charge in [-0.1, -0.05) is 36.9 Å². The zero-order valence-electron chi connectivity index (χ0n) is 9.20. The molecule has 1 aromatic rings. The van der Waals surface area contributed by atoms with Gasteiger partial charge in [-0.3, -0.25) is 0 Å². The molecule has 80 valence electrons. The monoisotopic (exact) mass is 203 g/mol. The summed E-state index contributed by atoms with van der Waals surface area (Å²) in [6, 6.07) is 9.72. The predicted octanol–water partition coefficient (Wildman–Crippen LogP) is 3.10. The summed E-state index contributed by atoms with van der Waals surface area (Å²) >= 11 is 0. The maximum absolute atomic E-state index is 9.76. The molecule has 0 radical (unpaired) electrons. The Morgan fingerprint density at radius 1 is 1.33 bits per heavy atom. The molecule has 2 heteroatoms. The maximum atomic E-state index is 9.76. The zero-order valence-corrected chi connectivity index (χ0v) is 9.20. The van der Waals surface area contributed by atoms with Crippen LogP contribution in [0.1, 0.15) is 19.4 Å². The van der Waals surface area contributed by atoms with E-state index < -0.39 is 0 Å². The highest BCUT2D eigenvalue weighted by Gasteiger charge is 1.99. The van der Waals surface area contributed by atoms with Crippen molar-refractivity contribution in [3.63, 3.8) is 0 Å². The van der Waals surface area contributed by atoms with E-state index in [1.165, 1.54) is 0 Å². The molecule has 2 N–H and O–H groups in total. The maximum Gasteiger partial charge on any atom is 0.124 e. The first-order valence-corrected chi connectivity index (χ1v) is 5.01. The van der Waals surface area contributed by atoms with Crippen LogP contribution in [0.3, 0.4) is 0 Å². The molecule has 0 saturated carbocycles. The molecule has 1 aromatic carbocycles. The van der Waals surface area contributed by atoms with Gasteiger partial charge in [0.25, 0.3) is 0 Å². The van der Waals surface area contributed by atoms with E-state index in [4.69, 9.17) is 0 Å². The van der Waals surface area contributed by atoms with Gasteiger partial charge in [0, 0.05) is 23.4 Å². The summed E-state index contributed by atoms with van der Waals surface area (Å²) in [6.45, 7) is 7.87. The summed E-state index contributed by atoms with van der Waals surface area (Å²) in [6.07, 6.45) is 1.63. The molecule has 0 unspecified atom stereocenters. The van der Waals surface area contributed by atoms with Crippen LogP contribution in [-0.2, 0) is 0 Å². The number of nitrogens with one attached hydrogen (secondary N) is 1. The summed E-state index contributed by atoms with van der Waals surface area (Å²) < 4.78 is 0. The van der Waals surface area contributed by atoms with Crippen LogP contribution in [0, 0.1) is 0 Å². The second kappa shape index (κ2) is 5.25. The van der Waals surface area contributed by atoms with Gasteiger partial charge in [0.15, 0.2) is 0 Å². The Bertz CT molecular complexity index is 352. The van der Waals surface area contributed by atoms with Crippen molar-refractivity contribution in [1.29, 1.82) is 0 Å². The summed E-state index contributed by atoms with van der Waals surface area (Å²) in [4.78, 5) is 0. The molecule has 0 aliphatic carbocycles. The molecule has 0 heterocycles. The van der Waals surface area contributed by atoms with Gasteiger partial charge in [0.2, 0.25) is 0 Å². The number of hydrogen-bond acceptors (Lipinski definition) is 2. The number of aliphatic hydroxyl groups excluding tert-OH is 1. The zero-order chi connectivity index (χ0) is 11.3. The van der Waals surface area contributed by atoms with Gasteiger partial charge in [-0.25, -0.2) is 0 Å². The Morgan fingerprint density at radius 2 is 1.93 bits per heavy atom. The van der Waals surface area contributed by atoms with Gasteiger partial charge in [-0.05, 0) is 13.8 Å². The molecule has 0 aliphatic heterocycles. The first kappa shape index (κ1) is 11.4. The highest BCUT2D eigenvalue weighted by Crippen LogP contribution is 2.11. The summed E-state index contributed by atoms with van der Waals surface area (Å²) in [5.74, 6) is 0.230. The number of benzene rings is 1. The van der Waals surface area contributed by atoms with E-state index in [1.807, 2.05) is 44.2 Å². The molecule has 0 bridgehead atoms. The van der Waals surface area contributed by atoms with Crippen LogP contribution in [0.4, 0.5) is 0 Å². The minimum absolute atomic E-state index is 0.230. The molecule has 2 nitrogen and oxygen atoms in total. The topological polar surface area (TPSA) is 32.3 Å². The van der Waals surface area contributed by atoms with E-state index in [9.17, 15) is 5.11 Å². The molecule has 0 aliphatic rings. The second-order valence-corrected chi connectivity index (χ2v) is 3.72. The Labute approximate surface area is 91.0 Å². The second-order valence-electron chi connectivity index (χ2n) is 3.72. The largest absolute Gasteiger partial charge is 0.507 e. The fraction of sp³-hybridized carbons (Fsp3) is 0.231. The number of rotatable bonds is 4. The lowest BCUT2D eigenvalue weighted by atomic mass is 10.1. The van der Waals surface area contributed by atoms with Crippen molar-refractivity contribution in [1.82, 2.24) is 5.32 Å². The third kappa shape index (κ3) is 3.90. The molecule has 0 aromatic heterocycles. The third-order valence-electron chi connectivity index (χ3n) is 1.85. The minimum atomic E-state index is 0.230.